The van der Waals surface area contributed by atoms with Crippen molar-refractivity contribution < 1.29 is 9.18 Å². The molecule has 1 aromatic carbocycles. The van der Waals surface area contributed by atoms with Crippen molar-refractivity contribution in [3.8, 4) is 0 Å². The van der Waals surface area contributed by atoms with Crippen LogP contribution in [-0.2, 0) is 19.4 Å². The number of benzene rings is 1. The van der Waals surface area contributed by atoms with Gasteiger partial charge < -0.3 is 4.98 Å². The van der Waals surface area contributed by atoms with Gasteiger partial charge in [-0.15, -0.1) is 11.3 Å². The van der Waals surface area contributed by atoms with E-state index in [9.17, 15) is 18.8 Å². The van der Waals surface area contributed by atoms with Gasteiger partial charge in [0.2, 0.25) is 0 Å². The second kappa shape index (κ2) is 7.51. The largest absolute Gasteiger partial charge is 0.328 e. The molecule has 2 aromatic heterocycles. The highest BCUT2D eigenvalue weighted by Crippen LogP contribution is 2.29. The van der Waals surface area contributed by atoms with Crippen LogP contribution in [0.5, 0.6) is 0 Å². The third-order valence-electron chi connectivity index (χ3n) is 4.66. The van der Waals surface area contributed by atoms with Crippen molar-refractivity contribution in [1.82, 2.24) is 14.5 Å². The molecule has 0 saturated heterocycles. The normalized spacial score (nSPS) is 13.2. The molecule has 0 aliphatic heterocycles. The number of hydrogen-bond donors (Lipinski definition) is 2. The summed E-state index contributed by atoms with van der Waals surface area (Å²) in [6.07, 6.45) is 5.08. The quantitative estimate of drug-likeness (QED) is 0.702. The van der Waals surface area contributed by atoms with Gasteiger partial charge in [0.25, 0.3) is 11.5 Å². The molecule has 2 heterocycles. The summed E-state index contributed by atoms with van der Waals surface area (Å²) in [6, 6.07) is 5.85. The van der Waals surface area contributed by atoms with Crippen LogP contribution in [0.2, 0.25) is 0 Å². The molecule has 0 bridgehead atoms. The molecule has 1 aliphatic carbocycles. The van der Waals surface area contributed by atoms with Gasteiger partial charge in [0.15, 0.2) is 5.13 Å². The van der Waals surface area contributed by atoms with Gasteiger partial charge in [-0.05, 0) is 31.7 Å². The van der Waals surface area contributed by atoms with Crippen molar-refractivity contribution in [2.24, 2.45) is 0 Å². The number of halogens is 1. The lowest BCUT2D eigenvalue weighted by atomic mass is 10.0. The van der Waals surface area contributed by atoms with Crippen LogP contribution in [0.3, 0.4) is 0 Å². The Morgan fingerprint density at radius 3 is 2.82 bits per heavy atom. The van der Waals surface area contributed by atoms with Crippen LogP contribution in [-0.4, -0.2) is 20.4 Å². The van der Waals surface area contributed by atoms with E-state index in [4.69, 9.17) is 0 Å². The molecule has 9 heteroatoms. The number of aromatic nitrogens is 3. The van der Waals surface area contributed by atoms with Gasteiger partial charge in [0, 0.05) is 16.6 Å². The van der Waals surface area contributed by atoms with E-state index in [-0.39, 0.29) is 17.7 Å². The summed E-state index contributed by atoms with van der Waals surface area (Å²) in [5.41, 5.74) is -0.560. The lowest BCUT2D eigenvalue weighted by molar-refractivity contribution is 0.102. The number of H-pyrrole nitrogens is 1. The fourth-order valence-corrected chi connectivity index (χ4v) is 4.23. The average Bonchev–Trinajstić information content (AvgIpc) is 3.08. The second-order valence-electron chi connectivity index (χ2n) is 6.54. The van der Waals surface area contributed by atoms with Crippen molar-refractivity contribution in [2.75, 3.05) is 5.32 Å². The molecule has 1 aliphatic rings. The topological polar surface area (TPSA) is 96.8 Å². The number of hydrogen-bond acceptors (Lipinski definition) is 5. The molecule has 2 N–H and O–H groups in total. The van der Waals surface area contributed by atoms with Crippen molar-refractivity contribution in [1.29, 1.82) is 0 Å². The highest BCUT2D eigenvalue weighted by Gasteiger charge is 2.20. The molecular formula is C19H17FN4O3S. The SMILES string of the molecule is O=C(Nc1nc2c(s1)CCCC2)c1c[nH]c(=O)n(Cc2ccccc2F)c1=O. The lowest BCUT2D eigenvalue weighted by Gasteiger charge is -2.08. The van der Waals surface area contributed by atoms with E-state index in [2.05, 4.69) is 15.3 Å². The number of amides is 1. The maximum absolute atomic E-state index is 13.9. The minimum Gasteiger partial charge on any atom is -0.313 e. The van der Waals surface area contributed by atoms with E-state index in [1.807, 2.05) is 0 Å². The molecule has 3 aromatic rings. The zero-order valence-electron chi connectivity index (χ0n) is 14.8. The number of rotatable bonds is 4. The monoisotopic (exact) mass is 400 g/mol. The molecule has 0 saturated carbocycles. The van der Waals surface area contributed by atoms with E-state index < -0.39 is 23.0 Å². The van der Waals surface area contributed by atoms with Gasteiger partial charge in [0.05, 0.1) is 12.2 Å². The molecule has 1 amide bonds. The van der Waals surface area contributed by atoms with Gasteiger partial charge >= 0.3 is 5.69 Å². The van der Waals surface area contributed by atoms with Crippen molar-refractivity contribution in [3.05, 3.63) is 78.8 Å². The minimum atomic E-state index is -0.786. The number of nitrogens with zero attached hydrogens (tertiary/aromatic N) is 2. The summed E-state index contributed by atoms with van der Waals surface area (Å²) in [5.74, 6) is -1.19. The Kier molecular flexibility index (Phi) is 4.91. The number of aryl methyl sites for hydroxylation is 2. The van der Waals surface area contributed by atoms with Crippen LogP contribution in [0.1, 0.15) is 39.3 Å². The number of thiazole rings is 1. The van der Waals surface area contributed by atoms with Gasteiger partial charge in [-0.2, -0.15) is 0 Å². The van der Waals surface area contributed by atoms with E-state index in [0.29, 0.717) is 5.13 Å². The van der Waals surface area contributed by atoms with E-state index in [1.165, 1.54) is 29.5 Å². The predicted octanol–water partition coefficient (Wildman–Crippen LogP) is 2.31. The summed E-state index contributed by atoms with van der Waals surface area (Å²) in [7, 11) is 0. The Balaban J connectivity index is 1.62. The number of carbonyl (C=O) groups excluding carboxylic acids is 1. The van der Waals surface area contributed by atoms with Crippen LogP contribution >= 0.6 is 11.3 Å². The van der Waals surface area contributed by atoms with Gasteiger partial charge in [-0.3, -0.25) is 19.5 Å². The van der Waals surface area contributed by atoms with Crippen LogP contribution in [0.25, 0.3) is 0 Å². The first-order chi connectivity index (χ1) is 13.5. The highest BCUT2D eigenvalue weighted by molar-refractivity contribution is 7.15. The first-order valence-electron chi connectivity index (χ1n) is 8.89. The zero-order valence-corrected chi connectivity index (χ0v) is 15.6. The number of nitrogens with one attached hydrogen (secondary N) is 2. The molecule has 4 rings (SSSR count). The van der Waals surface area contributed by atoms with E-state index in [1.54, 1.807) is 6.07 Å². The molecule has 0 radical (unpaired) electrons. The number of fused-ring (bicyclic) bond motifs is 1. The average molecular weight is 400 g/mol. The fraction of sp³-hybridized carbons (Fsp3) is 0.263. The first kappa shape index (κ1) is 18.3. The van der Waals surface area contributed by atoms with Gasteiger partial charge in [-0.25, -0.2) is 14.2 Å². The van der Waals surface area contributed by atoms with Crippen LogP contribution in [0.15, 0.2) is 40.1 Å². The van der Waals surface area contributed by atoms with Crippen molar-refractivity contribution in [2.45, 2.75) is 32.2 Å². The number of anilines is 1. The summed E-state index contributed by atoms with van der Waals surface area (Å²) in [4.78, 5) is 45.3. The van der Waals surface area contributed by atoms with Gasteiger partial charge in [-0.1, -0.05) is 18.2 Å². The maximum Gasteiger partial charge on any atom is 0.328 e. The second-order valence-corrected chi connectivity index (χ2v) is 7.62. The summed E-state index contributed by atoms with van der Waals surface area (Å²) >= 11 is 1.40. The zero-order chi connectivity index (χ0) is 19.7. The van der Waals surface area contributed by atoms with Crippen molar-refractivity contribution >= 4 is 22.4 Å². The molecule has 0 fully saturated rings. The molecule has 144 valence electrons. The summed E-state index contributed by atoms with van der Waals surface area (Å²) < 4.78 is 14.7. The highest BCUT2D eigenvalue weighted by atomic mass is 32.1. The summed E-state index contributed by atoms with van der Waals surface area (Å²) in [6.45, 7) is -0.270. The molecule has 0 atom stereocenters. The molecule has 0 unspecified atom stereocenters. The third kappa shape index (κ3) is 3.53. The summed E-state index contributed by atoms with van der Waals surface area (Å²) in [5, 5.41) is 3.07. The number of aromatic amines is 1. The van der Waals surface area contributed by atoms with Crippen molar-refractivity contribution in [3.63, 3.8) is 0 Å². The Morgan fingerprint density at radius 1 is 1.25 bits per heavy atom. The Morgan fingerprint density at radius 2 is 2.04 bits per heavy atom. The Bertz CT molecular complexity index is 1140. The van der Waals surface area contributed by atoms with Gasteiger partial charge in [0.1, 0.15) is 11.4 Å². The molecule has 0 spiro atoms. The molecular weight excluding hydrogens is 383 g/mol. The van der Waals surface area contributed by atoms with Crippen LogP contribution in [0.4, 0.5) is 9.52 Å². The van der Waals surface area contributed by atoms with Crippen LogP contribution < -0.4 is 16.6 Å². The molecule has 28 heavy (non-hydrogen) atoms. The standard InChI is InChI=1S/C19H17FN4O3S/c20-13-6-2-1-5-11(13)10-24-17(26)12(9-21-19(24)27)16(25)23-18-22-14-7-3-4-8-15(14)28-18/h1-2,5-6,9H,3-4,7-8,10H2,(H,21,27)(H,22,23,25). The first-order valence-corrected chi connectivity index (χ1v) is 9.70. The fourth-order valence-electron chi connectivity index (χ4n) is 3.18. The van der Waals surface area contributed by atoms with E-state index >= 15 is 0 Å². The van der Waals surface area contributed by atoms with Crippen LogP contribution in [0, 0.1) is 5.82 Å². The van der Waals surface area contributed by atoms with E-state index in [0.717, 1.165) is 47.0 Å². The predicted molar refractivity (Wildman–Crippen MR) is 104 cm³/mol. The Labute approximate surface area is 162 Å². The Hall–Kier alpha value is -3.07. The lowest BCUT2D eigenvalue weighted by Crippen LogP contribution is -2.39. The third-order valence-corrected chi connectivity index (χ3v) is 5.73. The smallest absolute Gasteiger partial charge is 0.313 e. The minimum absolute atomic E-state index is 0.181. The maximum atomic E-state index is 13.9. The number of carbonyl (C=O) groups is 1. The molecule has 7 nitrogen and oxygen atoms in total.